The average Bonchev–Trinajstić information content (AvgIpc) is 2.48. The Hall–Kier alpha value is -2.00. The second-order valence-corrected chi connectivity index (χ2v) is 4.80. The first-order valence-electron chi connectivity index (χ1n) is 6.84. The molecule has 0 aromatic heterocycles. The Labute approximate surface area is 120 Å². The molecule has 2 aromatic carbocycles. The molecule has 0 aliphatic rings. The van der Waals surface area contributed by atoms with Crippen molar-refractivity contribution < 1.29 is 9.47 Å². The number of ether oxygens (including phenoxy) is 2. The van der Waals surface area contributed by atoms with E-state index in [9.17, 15) is 0 Å². The molecule has 3 nitrogen and oxygen atoms in total. The molecule has 3 heteroatoms. The molecule has 0 spiro atoms. The van der Waals surface area contributed by atoms with Crippen LogP contribution in [0.15, 0.2) is 42.5 Å². The normalized spacial score (nSPS) is 12.0. The first kappa shape index (κ1) is 14.4. The Kier molecular flexibility index (Phi) is 4.64. The molecule has 0 aliphatic heterocycles. The number of nitrogens with two attached hydrogens (primary N) is 1. The summed E-state index contributed by atoms with van der Waals surface area (Å²) in [6.45, 7) is 4.07. The number of rotatable bonds is 5. The molecule has 0 aliphatic carbocycles. The Morgan fingerprint density at radius 1 is 1.05 bits per heavy atom. The maximum atomic E-state index is 5.87. The summed E-state index contributed by atoms with van der Waals surface area (Å²) < 4.78 is 11.2. The molecule has 0 radical (unpaired) electrons. The van der Waals surface area contributed by atoms with E-state index < -0.39 is 0 Å². The molecule has 106 valence electrons. The van der Waals surface area contributed by atoms with Crippen molar-refractivity contribution >= 4 is 0 Å². The second-order valence-electron chi connectivity index (χ2n) is 4.80. The fourth-order valence-electron chi connectivity index (χ4n) is 1.98. The predicted octanol–water partition coefficient (Wildman–Crippen LogP) is 4.07. The zero-order valence-electron chi connectivity index (χ0n) is 12.2. The third kappa shape index (κ3) is 3.31. The number of aryl methyl sites for hydroxylation is 1. The molecule has 0 bridgehead atoms. The van der Waals surface area contributed by atoms with Crippen LogP contribution < -0.4 is 15.2 Å². The molecule has 0 amide bonds. The van der Waals surface area contributed by atoms with Gasteiger partial charge in [-0.25, -0.2) is 0 Å². The van der Waals surface area contributed by atoms with Crippen molar-refractivity contribution in [2.45, 2.75) is 26.3 Å². The van der Waals surface area contributed by atoms with Gasteiger partial charge in [-0.1, -0.05) is 25.1 Å². The number of methoxy groups -OCH3 is 1. The van der Waals surface area contributed by atoms with Crippen LogP contribution in [0.4, 0.5) is 0 Å². The monoisotopic (exact) mass is 271 g/mol. The fourth-order valence-corrected chi connectivity index (χ4v) is 1.98. The van der Waals surface area contributed by atoms with Gasteiger partial charge in [-0.2, -0.15) is 0 Å². The highest BCUT2D eigenvalue weighted by molar-refractivity contribution is 5.45. The van der Waals surface area contributed by atoms with E-state index in [1.807, 2.05) is 49.4 Å². The highest BCUT2D eigenvalue weighted by Crippen LogP contribution is 2.32. The van der Waals surface area contributed by atoms with Crippen molar-refractivity contribution in [3.63, 3.8) is 0 Å². The molecule has 2 aromatic rings. The van der Waals surface area contributed by atoms with Gasteiger partial charge in [0.2, 0.25) is 0 Å². The Bertz CT molecular complexity index is 562. The first-order valence-corrected chi connectivity index (χ1v) is 6.84. The SMILES string of the molecule is CCc1ccc(Oc2ccc([C@@H](C)N)cc2)c(OC)c1. The fraction of sp³-hybridized carbons (Fsp3) is 0.294. The Morgan fingerprint density at radius 2 is 1.75 bits per heavy atom. The molecule has 20 heavy (non-hydrogen) atoms. The quantitative estimate of drug-likeness (QED) is 0.891. The van der Waals surface area contributed by atoms with E-state index in [0.29, 0.717) is 0 Å². The Morgan fingerprint density at radius 3 is 2.30 bits per heavy atom. The van der Waals surface area contributed by atoms with Crippen molar-refractivity contribution in [2.24, 2.45) is 5.73 Å². The molecular formula is C17H21NO2. The van der Waals surface area contributed by atoms with E-state index in [1.54, 1.807) is 7.11 Å². The van der Waals surface area contributed by atoms with Gasteiger partial charge in [0.1, 0.15) is 5.75 Å². The van der Waals surface area contributed by atoms with Gasteiger partial charge in [0.25, 0.3) is 0 Å². The summed E-state index contributed by atoms with van der Waals surface area (Å²) in [4.78, 5) is 0. The van der Waals surface area contributed by atoms with E-state index in [-0.39, 0.29) is 6.04 Å². The minimum absolute atomic E-state index is 0.0300. The number of hydrogen-bond acceptors (Lipinski definition) is 3. The smallest absolute Gasteiger partial charge is 0.169 e. The van der Waals surface area contributed by atoms with E-state index in [2.05, 4.69) is 6.92 Å². The number of hydrogen-bond donors (Lipinski definition) is 1. The third-order valence-electron chi connectivity index (χ3n) is 3.27. The topological polar surface area (TPSA) is 44.5 Å². The predicted molar refractivity (Wildman–Crippen MR) is 81.5 cm³/mol. The second kappa shape index (κ2) is 6.44. The zero-order valence-corrected chi connectivity index (χ0v) is 12.2. The number of benzene rings is 2. The van der Waals surface area contributed by atoms with E-state index in [4.69, 9.17) is 15.2 Å². The maximum Gasteiger partial charge on any atom is 0.169 e. The lowest BCUT2D eigenvalue weighted by atomic mass is 10.1. The van der Waals surface area contributed by atoms with Crippen molar-refractivity contribution in [3.8, 4) is 17.2 Å². The Balaban J connectivity index is 2.20. The highest BCUT2D eigenvalue weighted by atomic mass is 16.5. The van der Waals surface area contributed by atoms with Crippen molar-refractivity contribution in [1.29, 1.82) is 0 Å². The first-order chi connectivity index (χ1) is 9.63. The van der Waals surface area contributed by atoms with Crippen molar-refractivity contribution in [3.05, 3.63) is 53.6 Å². The molecule has 2 rings (SSSR count). The molecule has 1 atom stereocenters. The minimum Gasteiger partial charge on any atom is -0.493 e. The van der Waals surface area contributed by atoms with Crippen molar-refractivity contribution in [1.82, 2.24) is 0 Å². The largest absolute Gasteiger partial charge is 0.493 e. The molecular weight excluding hydrogens is 250 g/mol. The summed E-state index contributed by atoms with van der Waals surface area (Å²) in [5.41, 5.74) is 8.15. The van der Waals surface area contributed by atoms with Gasteiger partial charge in [-0.3, -0.25) is 0 Å². The van der Waals surface area contributed by atoms with Gasteiger partial charge in [0.15, 0.2) is 11.5 Å². The average molecular weight is 271 g/mol. The summed E-state index contributed by atoms with van der Waals surface area (Å²) in [5.74, 6) is 2.25. The van der Waals surface area contributed by atoms with E-state index >= 15 is 0 Å². The maximum absolute atomic E-state index is 5.87. The molecule has 0 unspecified atom stereocenters. The summed E-state index contributed by atoms with van der Waals surface area (Å²) in [6.07, 6.45) is 0.972. The highest BCUT2D eigenvalue weighted by Gasteiger charge is 2.07. The molecule has 2 N–H and O–H groups in total. The molecule has 0 saturated carbocycles. The van der Waals surface area contributed by atoms with Crippen LogP contribution in [0.25, 0.3) is 0 Å². The van der Waals surface area contributed by atoms with Gasteiger partial charge in [0, 0.05) is 6.04 Å². The molecule has 0 fully saturated rings. The third-order valence-corrected chi connectivity index (χ3v) is 3.27. The summed E-state index contributed by atoms with van der Waals surface area (Å²) in [7, 11) is 1.65. The lowest BCUT2D eigenvalue weighted by Gasteiger charge is -2.12. The van der Waals surface area contributed by atoms with Gasteiger partial charge < -0.3 is 15.2 Å². The van der Waals surface area contributed by atoms with Gasteiger partial charge in [-0.05, 0) is 48.7 Å². The zero-order chi connectivity index (χ0) is 14.5. The van der Waals surface area contributed by atoms with Crippen LogP contribution >= 0.6 is 0 Å². The lowest BCUT2D eigenvalue weighted by Crippen LogP contribution is -2.04. The lowest BCUT2D eigenvalue weighted by molar-refractivity contribution is 0.378. The van der Waals surface area contributed by atoms with Gasteiger partial charge >= 0.3 is 0 Å². The van der Waals surface area contributed by atoms with Crippen LogP contribution in [0.1, 0.15) is 31.0 Å². The van der Waals surface area contributed by atoms with E-state index in [1.165, 1.54) is 5.56 Å². The van der Waals surface area contributed by atoms with Crippen LogP contribution in [-0.2, 0) is 6.42 Å². The summed E-state index contributed by atoms with van der Waals surface area (Å²) >= 11 is 0. The van der Waals surface area contributed by atoms with Crippen LogP contribution in [-0.4, -0.2) is 7.11 Å². The van der Waals surface area contributed by atoms with Crippen LogP contribution in [0.5, 0.6) is 17.2 Å². The standard InChI is InChI=1S/C17H21NO2/c1-4-13-5-10-16(17(11-13)19-3)20-15-8-6-14(7-9-15)12(2)18/h5-12H,4,18H2,1-3H3/t12-/m1/s1. The van der Waals surface area contributed by atoms with Gasteiger partial charge in [0.05, 0.1) is 7.11 Å². The van der Waals surface area contributed by atoms with Crippen LogP contribution in [0.2, 0.25) is 0 Å². The van der Waals surface area contributed by atoms with Crippen molar-refractivity contribution in [2.75, 3.05) is 7.11 Å². The van der Waals surface area contributed by atoms with Crippen LogP contribution in [0, 0.1) is 0 Å². The molecule has 0 saturated heterocycles. The van der Waals surface area contributed by atoms with Gasteiger partial charge in [-0.15, -0.1) is 0 Å². The van der Waals surface area contributed by atoms with E-state index in [0.717, 1.165) is 29.2 Å². The minimum atomic E-state index is 0.0300. The van der Waals surface area contributed by atoms with Crippen LogP contribution in [0.3, 0.4) is 0 Å². The molecule has 0 heterocycles. The summed E-state index contributed by atoms with van der Waals surface area (Å²) in [6, 6.07) is 13.8. The summed E-state index contributed by atoms with van der Waals surface area (Å²) in [5, 5.41) is 0.